The lowest BCUT2D eigenvalue weighted by Crippen LogP contribution is -2.42. The quantitative estimate of drug-likeness (QED) is 0.843. The molecule has 1 saturated heterocycles. The predicted molar refractivity (Wildman–Crippen MR) is 104 cm³/mol. The molecule has 138 valence electrons. The van der Waals surface area contributed by atoms with Gasteiger partial charge in [-0.2, -0.15) is 0 Å². The lowest BCUT2D eigenvalue weighted by atomic mass is 10.1. The van der Waals surface area contributed by atoms with Crippen LogP contribution >= 0.6 is 11.8 Å². The number of hydrogen-bond acceptors (Lipinski definition) is 3. The fraction of sp³-hybridized carbons (Fsp3) is 0.579. The van der Waals surface area contributed by atoms with Crippen LogP contribution in [-0.2, 0) is 4.79 Å². The molecule has 0 aromatic heterocycles. The van der Waals surface area contributed by atoms with Gasteiger partial charge in [0.15, 0.2) is 0 Å². The third-order valence-corrected chi connectivity index (χ3v) is 5.73. The highest BCUT2D eigenvalue weighted by molar-refractivity contribution is 8.01. The smallest absolute Gasteiger partial charge is 0.317 e. The van der Waals surface area contributed by atoms with Crippen molar-refractivity contribution in [2.24, 2.45) is 0 Å². The van der Waals surface area contributed by atoms with E-state index in [0.29, 0.717) is 13.1 Å². The number of benzene rings is 1. The molecule has 0 bridgehead atoms. The third kappa shape index (κ3) is 4.91. The molecule has 5 nitrogen and oxygen atoms in total. The van der Waals surface area contributed by atoms with Crippen molar-refractivity contribution in [3.05, 3.63) is 35.4 Å². The molecule has 1 aromatic rings. The lowest BCUT2D eigenvalue weighted by Gasteiger charge is -2.26. The second-order valence-electron chi connectivity index (χ2n) is 6.90. The van der Waals surface area contributed by atoms with E-state index in [1.807, 2.05) is 37.8 Å². The number of nitrogens with zero attached hydrogens (tertiary/aromatic N) is 2. The van der Waals surface area contributed by atoms with Gasteiger partial charge in [0.1, 0.15) is 5.37 Å². The standard InChI is InChI=1S/C19H29N3O2S/c1-13(2)20-19(24)21(5)11-8-12-22-17(23)15(4)25-18(22)16-10-7-6-9-14(16)3/h6-7,9-10,13,15,18H,8,11-12H2,1-5H3,(H,20,24)/t15-,18+/m0/s1. The van der Waals surface area contributed by atoms with Gasteiger partial charge in [0.2, 0.25) is 5.91 Å². The summed E-state index contributed by atoms with van der Waals surface area (Å²) < 4.78 is 0. The summed E-state index contributed by atoms with van der Waals surface area (Å²) in [6.07, 6.45) is 0.767. The Bertz CT molecular complexity index is 620. The van der Waals surface area contributed by atoms with E-state index < -0.39 is 0 Å². The summed E-state index contributed by atoms with van der Waals surface area (Å²) in [5.41, 5.74) is 2.41. The largest absolute Gasteiger partial charge is 0.336 e. The van der Waals surface area contributed by atoms with Gasteiger partial charge < -0.3 is 15.1 Å². The van der Waals surface area contributed by atoms with Crippen LogP contribution in [0.5, 0.6) is 0 Å². The van der Waals surface area contributed by atoms with Crippen LogP contribution in [0.4, 0.5) is 4.79 Å². The van der Waals surface area contributed by atoms with Gasteiger partial charge in [-0.3, -0.25) is 4.79 Å². The molecule has 1 fully saturated rings. The summed E-state index contributed by atoms with van der Waals surface area (Å²) in [6, 6.07) is 8.30. The molecule has 1 heterocycles. The Morgan fingerprint density at radius 1 is 1.36 bits per heavy atom. The zero-order valence-corrected chi connectivity index (χ0v) is 16.6. The molecule has 1 N–H and O–H groups in total. The fourth-order valence-electron chi connectivity index (χ4n) is 2.94. The minimum atomic E-state index is -0.0686. The number of carbonyl (C=O) groups excluding carboxylic acids is 2. The second kappa shape index (κ2) is 8.61. The van der Waals surface area contributed by atoms with Crippen molar-refractivity contribution in [3.63, 3.8) is 0 Å². The number of aryl methyl sites for hydroxylation is 1. The van der Waals surface area contributed by atoms with E-state index in [2.05, 4.69) is 24.4 Å². The Labute approximate surface area is 155 Å². The monoisotopic (exact) mass is 363 g/mol. The number of rotatable bonds is 6. The Hall–Kier alpha value is -1.69. The predicted octanol–water partition coefficient (Wildman–Crippen LogP) is 3.40. The highest BCUT2D eigenvalue weighted by Gasteiger charge is 2.38. The molecule has 1 aromatic carbocycles. The van der Waals surface area contributed by atoms with Crippen LogP contribution in [0.3, 0.4) is 0 Å². The van der Waals surface area contributed by atoms with Crippen molar-refractivity contribution in [3.8, 4) is 0 Å². The van der Waals surface area contributed by atoms with Crippen LogP contribution in [0.15, 0.2) is 24.3 Å². The maximum atomic E-state index is 12.6. The van der Waals surface area contributed by atoms with Crippen LogP contribution in [0, 0.1) is 6.92 Å². The van der Waals surface area contributed by atoms with Crippen molar-refractivity contribution in [1.29, 1.82) is 0 Å². The molecule has 0 spiro atoms. The number of urea groups is 1. The number of carbonyl (C=O) groups is 2. The Morgan fingerprint density at radius 3 is 2.68 bits per heavy atom. The van der Waals surface area contributed by atoms with Gasteiger partial charge in [0.05, 0.1) is 5.25 Å². The Balaban J connectivity index is 1.98. The fourth-order valence-corrected chi connectivity index (χ4v) is 4.35. The molecule has 0 radical (unpaired) electrons. The average Bonchev–Trinajstić information content (AvgIpc) is 2.82. The minimum Gasteiger partial charge on any atom is -0.336 e. The molecule has 3 amide bonds. The number of thioether (sulfide) groups is 1. The topological polar surface area (TPSA) is 52.7 Å². The van der Waals surface area contributed by atoms with Gasteiger partial charge >= 0.3 is 6.03 Å². The van der Waals surface area contributed by atoms with Gasteiger partial charge in [-0.15, -0.1) is 11.8 Å². The van der Waals surface area contributed by atoms with Gasteiger partial charge in [0, 0.05) is 26.2 Å². The normalized spacial score (nSPS) is 20.2. The Morgan fingerprint density at radius 2 is 2.04 bits per heavy atom. The molecular formula is C19H29N3O2S. The van der Waals surface area contributed by atoms with E-state index in [1.54, 1.807) is 23.7 Å². The summed E-state index contributed by atoms with van der Waals surface area (Å²) in [6.45, 7) is 9.24. The number of nitrogens with one attached hydrogen (secondary N) is 1. The minimum absolute atomic E-state index is 0.0217. The summed E-state index contributed by atoms with van der Waals surface area (Å²) in [5, 5.41) is 2.93. The van der Waals surface area contributed by atoms with E-state index >= 15 is 0 Å². The van der Waals surface area contributed by atoms with Gasteiger partial charge in [0.25, 0.3) is 0 Å². The van der Waals surface area contributed by atoms with Crippen LogP contribution in [-0.4, -0.2) is 53.2 Å². The highest BCUT2D eigenvalue weighted by atomic mass is 32.2. The summed E-state index contributed by atoms with van der Waals surface area (Å²) in [7, 11) is 1.79. The van der Waals surface area contributed by atoms with Crippen LogP contribution in [0.25, 0.3) is 0 Å². The summed E-state index contributed by atoms with van der Waals surface area (Å²) in [4.78, 5) is 28.2. The van der Waals surface area contributed by atoms with Crippen molar-refractivity contribution in [2.45, 2.75) is 50.8 Å². The SMILES string of the molecule is Cc1ccccc1[C@H]1S[C@@H](C)C(=O)N1CCCN(C)C(=O)NC(C)C. The van der Waals surface area contributed by atoms with Gasteiger partial charge in [-0.05, 0) is 45.2 Å². The number of hydrogen-bond donors (Lipinski definition) is 1. The maximum Gasteiger partial charge on any atom is 0.317 e. The van der Waals surface area contributed by atoms with Crippen LogP contribution < -0.4 is 5.32 Å². The lowest BCUT2D eigenvalue weighted by molar-refractivity contribution is -0.129. The average molecular weight is 364 g/mol. The molecule has 6 heteroatoms. The number of amides is 3. The molecule has 2 rings (SSSR count). The van der Waals surface area contributed by atoms with Gasteiger partial charge in [-0.25, -0.2) is 4.79 Å². The summed E-state index contributed by atoms with van der Waals surface area (Å²) in [5.74, 6) is 0.188. The highest BCUT2D eigenvalue weighted by Crippen LogP contribution is 2.43. The molecule has 0 unspecified atom stereocenters. The first kappa shape index (κ1) is 19.6. The molecule has 0 aliphatic carbocycles. The van der Waals surface area contributed by atoms with Crippen molar-refractivity contribution < 1.29 is 9.59 Å². The van der Waals surface area contributed by atoms with E-state index in [4.69, 9.17) is 0 Å². The molecule has 0 saturated carbocycles. The van der Waals surface area contributed by atoms with Crippen molar-refractivity contribution in [2.75, 3.05) is 20.1 Å². The van der Waals surface area contributed by atoms with Crippen molar-refractivity contribution >= 4 is 23.7 Å². The zero-order valence-electron chi connectivity index (χ0n) is 15.8. The third-order valence-electron chi connectivity index (χ3n) is 4.35. The van der Waals surface area contributed by atoms with Gasteiger partial charge in [-0.1, -0.05) is 24.3 Å². The zero-order chi connectivity index (χ0) is 18.6. The Kier molecular flexibility index (Phi) is 6.76. The van der Waals surface area contributed by atoms with Crippen LogP contribution in [0.1, 0.15) is 43.7 Å². The first-order chi connectivity index (χ1) is 11.8. The van der Waals surface area contributed by atoms with E-state index in [0.717, 1.165) is 6.42 Å². The first-order valence-electron chi connectivity index (χ1n) is 8.84. The molecule has 25 heavy (non-hydrogen) atoms. The first-order valence-corrected chi connectivity index (χ1v) is 9.78. The van der Waals surface area contributed by atoms with E-state index in [-0.39, 0.29) is 28.6 Å². The van der Waals surface area contributed by atoms with Crippen molar-refractivity contribution in [1.82, 2.24) is 15.1 Å². The summed E-state index contributed by atoms with van der Waals surface area (Å²) >= 11 is 1.71. The molecule has 1 aliphatic rings. The second-order valence-corrected chi connectivity index (χ2v) is 8.32. The van der Waals surface area contributed by atoms with Crippen LogP contribution in [0.2, 0.25) is 0 Å². The maximum absolute atomic E-state index is 12.6. The molecule has 1 aliphatic heterocycles. The van der Waals surface area contributed by atoms with E-state index in [9.17, 15) is 9.59 Å². The molecular weight excluding hydrogens is 334 g/mol. The molecule has 2 atom stereocenters. The van der Waals surface area contributed by atoms with E-state index in [1.165, 1.54) is 11.1 Å².